The fourth-order valence-corrected chi connectivity index (χ4v) is 3.37. The van der Waals surface area contributed by atoms with Gasteiger partial charge in [-0.05, 0) is 29.8 Å². The molecular formula is C23H23N5O5. The lowest BCUT2D eigenvalue weighted by atomic mass is 10.1. The summed E-state index contributed by atoms with van der Waals surface area (Å²) in [5.74, 6) is 1.13. The SMILES string of the molecule is COc1ccc(-c2noc(CCC(=O)NNC(=O)Cc3c[nH]c4ccccc34)n2)cc1OC. The van der Waals surface area contributed by atoms with Crippen LogP contribution in [0.5, 0.6) is 11.5 Å². The number of nitrogens with zero attached hydrogens (tertiary/aromatic N) is 2. The number of ether oxygens (including phenoxy) is 2. The molecular weight excluding hydrogens is 426 g/mol. The third-order valence-corrected chi connectivity index (χ3v) is 5.04. The number of amides is 2. The summed E-state index contributed by atoms with van der Waals surface area (Å²) in [6.07, 6.45) is 2.23. The molecule has 4 aromatic rings. The molecule has 170 valence electrons. The van der Waals surface area contributed by atoms with E-state index in [1.807, 2.05) is 24.3 Å². The van der Waals surface area contributed by atoms with Crippen LogP contribution in [0.3, 0.4) is 0 Å². The van der Waals surface area contributed by atoms with Crippen molar-refractivity contribution < 1.29 is 23.6 Å². The van der Waals surface area contributed by atoms with E-state index in [0.717, 1.165) is 16.5 Å². The predicted octanol–water partition coefficient (Wildman–Crippen LogP) is 2.56. The van der Waals surface area contributed by atoms with Gasteiger partial charge in [-0.2, -0.15) is 4.98 Å². The molecule has 0 unspecified atom stereocenters. The number of hydrogen-bond acceptors (Lipinski definition) is 7. The summed E-state index contributed by atoms with van der Waals surface area (Å²) < 4.78 is 15.7. The number of rotatable bonds is 8. The van der Waals surface area contributed by atoms with Gasteiger partial charge in [-0.1, -0.05) is 23.4 Å². The zero-order valence-corrected chi connectivity index (χ0v) is 18.2. The van der Waals surface area contributed by atoms with Crippen molar-refractivity contribution in [3.05, 3.63) is 60.1 Å². The van der Waals surface area contributed by atoms with Gasteiger partial charge < -0.3 is 19.0 Å². The molecule has 0 aliphatic heterocycles. The third-order valence-electron chi connectivity index (χ3n) is 5.04. The van der Waals surface area contributed by atoms with Crippen LogP contribution in [0.4, 0.5) is 0 Å². The van der Waals surface area contributed by atoms with Gasteiger partial charge in [0.05, 0.1) is 20.6 Å². The molecule has 4 rings (SSSR count). The molecule has 0 bridgehead atoms. The van der Waals surface area contributed by atoms with Crippen LogP contribution >= 0.6 is 0 Å². The molecule has 33 heavy (non-hydrogen) atoms. The monoisotopic (exact) mass is 449 g/mol. The summed E-state index contributed by atoms with van der Waals surface area (Å²) in [7, 11) is 3.10. The molecule has 10 heteroatoms. The van der Waals surface area contributed by atoms with E-state index in [1.165, 1.54) is 0 Å². The zero-order valence-electron chi connectivity index (χ0n) is 18.2. The lowest BCUT2D eigenvalue weighted by Gasteiger charge is -2.07. The minimum atomic E-state index is -0.367. The number of nitrogens with one attached hydrogen (secondary N) is 3. The van der Waals surface area contributed by atoms with Crippen LogP contribution in [0.25, 0.3) is 22.3 Å². The molecule has 10 nitrogen and oxygen atoms in total. The van der Waals surface area contributed by atoms with Gasteiger partial charge in [-0.3, -0.25) is 20.4 Å². The summed E-state index contributed by atoms with van der Waals surface area (Å²) in [5, 5.41) is 4.92. The van der Waals surface area contributed by atoms with Crippen molar-refractivity contribution in [3.63, 3.8) is 0 Å². The minimum Gasteiger partial charge on any atom is -0.493 e. The van der Waals surface area contributed by atoms with Gasteiger partial charge in [-0.25, -0.2) is 0 Å². The van der Waals surface area contributed by atoms with E-state index in [4.69, 9.17) is 14.0 Å². The van der Waals surface area contributed by atoms with E-state index < -0.39 is 0 Å². The number of carbonyl (C=O) groups is 2. The average molecular weight is 449 g/mol. The first-order valence-electron chi connectivity index (χ1n) is 10.2. The van der Waals surface area contributed by atoms with Crippen LogP contribution in [0.1, 0.15) is 17.9 Å². The van der Waals surface area contributed by atoms with Gasteiger partial charge in [-0.15, -0.1) is 0 Å². The van der Waals surface area contributed by atoms with Crippen molar-refractivity contribution in [2.75, 3.05) is 14.2 Å². The van der Waals surface area contributed by atoms with Gasteiger partial charge in [0.2, 0.25) is 23.5 Å². The van der Waals surface area contributed by atoms with E-state index in [-0.39, 0.29) is 31.1 Å². The number of aromatic amines is 1. The molecule has 0 atom stereocenters. The molecule has 2 aromatic heterocycles. The van der Waals surface area contributed by atoms with Crippen LogP contribution in [0.2, 0.25) is 0 Å². The van der Waals surface area contributed by atoms with Crippen LogP contribution < -0.4 is 20.3 Å². The third kappa shape index (κ3) is 5.12. The van der Waals surface area contributed by atoms with Gasteiger partial charge in [0, 0.05) is 35.5 Å². The van der Waals surface area contributed by atoms with E-state index in [9.17, 15) is 9.59 Å². The Labute approximate surface area is 189 Å². The summed E-state index contributed by atoms with van der Waals surface area (Å²) in [4.78, 5) is 31.7. The highest BCUT2D eigenvalue weighted by Crippen LogP contribution is 2.31. The maximum atomic E-state index is 12.2. The topological polar surface area (TPSA) is 131 Å². The van der Waals surface area contributed by atoms with Crippen molar-refractivity contribution in [3.8, 4) is 22.9 Å². The van der Waals surface area contributed by atoms with Crippen LogP contribution in [-0.4, -0.2) is 41.2 Å². The van der Waals surface area contributed by atoms with Crippen molar-refractivity contribution in [2.24, 2.45) is 0 Å². The molecule has 0 saturated heterocycles. The lowest BCUT2D eigenvalue weighted by Crippen LogP contribution is -2.42. The number of hydrazine groups is 1. The Morgan fingerprint density at radius 3 is 2.64 bits per heavy atom. The second kappa shape index (κ2) is 9.86. The zero-order chi connectivity index (χ0) is 23.2. The summed E-state index contributed by atoms with van der Waals surface area (Å²) in [6, 6.07) is 13.0. The maximum Gasteiger partial charge on any atom is 0.242 e. The van der Waals surface area contributed by atoms with E-state index in [0.29, 0.717) is 28.8 Å². The van der Waals surface area contributed by atoms with Crippen molar-refractivity contribution in [1.82, 2.24) is 26.0 Å². The molecule has 0 fully saturated rings. The first-order valence-corrected chi connectivity index (χ1v) is 10.2. The standard InChI is InChI=1S/C23H23N5O5/c1-31-18-8-7-14(11-19(18)32-2)23-25-22(33-28-23)10-9-20(29)26-27-21(30)12-15-13-24-17-6-4-3-5-16(15)17/h3-8,11,13,24H,9-10,12H2,1-2H3,(H,26,29)(H,27,30). The molecule has 0 radical (unpaired) electrons. The number of hydrogen-bond donors (Lipinski definition) is 3. The van der Waals surface area contributed by atoms with Gasteiger partial charge in [0.15, 0.2) is 11.5 Å². The summed E-state index contributed by atoms with van der Waals surface area (Å²) in [5.41, 5.74) is 7.34. The fourth-order valence-electron chi connectivity index (χ4n) is 3.37. The van der Waals surface area contributed by atoms with E-state index in [2.05, 4.69) is 26.0 Å². The first-order chi connectivity index (χ1) is 16.1. The number of para-hydroxylation sites is 1. The Morgan fingerprint density at radius 2 is 1.82 bits per heavy atom. The number of benzene rings is 2. The number of aryl methyl sites for hydroxylation is 1. The molecule has 0 aliphatic carbocycles. The highest BCUT2D eigenvalue weighted by atomic mass is 16.5. The summed E-state index contributed by atoms with van der Waals surface area (Å²) >= 11 is 0. The maximum absolute atomic E-state index is 12.2. The second-order valence-electron chi connectivity index (χ2n) is 7.21. The highest BCUT2D eigenvalue weighted by molar-refractivity contribution is 5.89. The van der Waals surface area contributed by atoms with E-state index >= 15 is 0 Å². The Hall–Kier alpha value is -4.34. The van der Waals surface area contributed by atoms with Crippen LogP contribution in [0.15, 0.2) is 53.2 Å². The molecule has 2 amide bonds. The van der Waals surface area contributed by atoms with Gasteiger partial charge >= 0.3 is 0 Å². The van der Waals surface area contributed by atoms with Crippen LogP contribution in [-0.2, 0) is 22.4 Å². The lowest BCUT2D eigenvalue weighted by molar-refractivity contribution is -0.128. The van der Waals surface area contributed by atoms with Crippen LogP contribution in [0, 0.1) is 0 Å². The van der Waals surface area contributed by atoms with Gasteiger partial charge in [0.25, 0.3) is 0 Å². The number of aromatic nitrogens is 3. The number of methoxy groups -OCH3 is 2. The Bertz CT molecular complexity index is 1280. The van der Waals surface area contributed by atoms with Crippen molar-refractivity contribution in [1.29, 1.82) is 0 Å². The average Bonchev–Trinajstić information content (AvgIpc) is 3.48. The quantitative estimate of drug-likeness (QED) is 0.352. The predicted molar refractivity (Wildman–Crippen MR) is 119 cm³/mol. The van der Waals surface area contributed by atoms with Gasteiger partial charge in [0.1, 0.15) is 0 Å². The van der Waals surface area contributed by atoms with E-state index in [1.54, 1.807) is 38.6 Å². The normalized spacial score (nSPS) is 10.7. The van der Waals surface area contributed by atoms with Crippen molar-refractivity contribution >= 4 is 22.7 Å². The largest absolute Gasteiger partial charge is 0.493 e. The highest BCUT2D eigenvalue weighted by Gasteiger charge is 2.14. The molecule has 0 aliphatic rings. The fraction of sp³-hybridized carbons (Fsp3) is 0.217. The minimum absolute atomic E-state index is 0.0704. The second-order valence-corrected chi connectivity index (χ2v) is 7.21. The Balaban J connectivity index is 1.26. The molecule has 0 saturated carbocycles. The van der Waals surface area contributed by atoms with Crippen molar-refractivity contribution in [2.45, 2.75) is 19.3 Å². The molecule has 0 spiro atoms. The smallest absolute Gasteiger partial charge is 0.242 e. The first kappa shape index (κ1) is 21.9. The number of H-pyrrole nitrogens is 1. The number of carbonyl (C=O) groups excluding carboxylic acids is 2. The summed E-state index contributed by atoms with van der Waals surface area (Å²) in [6.45, 7) is 0. The molecule has 2 heterocycles. The Morgan fingerprint density at radius 1 is 1.03 bits per heavy atom. The molecule has 3 N–H and O–H groups in total. The Kier molecular flexibility index (Phi) is 6.53. The number of fused-ring (bicyclic) bond motifs is 1. The molecule has 2 aromatic carbocycles.